The van der Waals surface area contributed by atoms with Crippen molar-refractivity contribution in [2.45, 2.75) is 45.1 Å². The molecule has 0 amide bonds. The van der Waals surface area contributed by atoms with Gasteiger partial charge in [-0.15, -0.1) is 0 Å². The largest absolute Gasteiger partial charge is 0.347 e. The van der Waals surface area contributed by atoms with Gasteiger partial charge < -0.3 is 9.88 Å². The van der Waals surface area contributed by atoms with E-state index >= 15 is 0 Å². The van der Waals surface area contributed by atoms with Crippen molar-refractivity contribution in [1.29, 1.82) is 0 Å². The fourth-order valence-electron chi connectivity index (χ4n) is 3.71. The summed E-state index contributed by atoms with van der Waals surface area (Å²) in [5, 5.41) is 8.05. The summed E-state index contributed by atoms with van der Waals surface area (Å²) in [5.41, 5.74) is 4.90. The summed E-state index contributed by atoms with van der Waals surface area (Å²) in [7, 11) is -3.60. The Morgan fingerprint density at radius 3 is 2.53 bits per heavy atom. The van der Waals surface area contributed by atoms with Gasteiger partial charge in [-0.3, -0.25) is 5.43 Å². The second-order valence-electron chi connectivity index (χ2n) is 7.79. The Bertz CT molecular complexity index is 1280. The highest BCUT2D eigenvalue weighted by Crippen LogP contribution is 2.26. The van der Waals surface area contributed by atoms with Crippen LogP contribution >= 0.6 is 12.2 Å². The Balaban J connectivity index is 1.86. The number of aromatic nitrogens is 1. The minimum atomic E-state index is -3.60. The highest BCUT2D eigenvalue weighted by molar-refractivity contribution is 7.89. The summed E-state index contributed by atoms with van der Waals surface area (Å²) < 4.78 is 43.4. The molecular weight excluding hydrogens is 473 g/mol. The maximum Gasteiger partial charge on any atom is 0.243 e. The van der Waals surface area contributed by atoms with E-state index in [-0.39, 0.29) is 15.8 Å². The van der Waals surface area contributed by atoms with Crippen molar-refractivity contribution >= 4 is 50.2 Å². The van der Waals surface area contributed by atoms with Crippen LogP contribution in [0.1, 0.15) is 39.2 Å². The number of benzene rings is 2. The van der Waals surface area contributed by atoms with E-state index in [1.54, 1.807) is 30.5 Å². The van der Waals surface area contributed by atoms with E-state index < -0.39 is 10.0 Å². The molecule has 0 fully saturated rings. The van der Waals surface area contributed by atoms with Crippen LogP contribution in [0.25, 0.3) is 10.9 Å². The van der Waals surface area contributed by atoms with Crippen LogP contribution in [-0.2, 0) is 16.6 Å². The summed E-state index contributed by atoms with van der Waals surface area (Å²) >= 11 is 5.22. The van der Waals surface area contributed by atoms with Crippen molar-refractivity contribution in [1.82, 2.24) is 14.3 Å². The average molecular weight is 504 g/mol. The smallest absolute Gasteiger partial charge is 0.243 e. The standard InChI is InChI=1S/C24H30FN5O2S2/c1-4-12-30(13-5-2)34(31,32)21-10-11-23-22(15-21)18(17-29(23)6-3)16-26-28-24(33)27-20-9-7-8-19(25)14-20/h7-11,14-17H,4-6,12-13H2,1-3H3,(H2,27,28,33)/b26-16-. The molecule has 182 valence electrons. The lowest BCUT2D eigenvalue weighted by molar-refractivity contribution is 0.410. The number of rotatable bonds is 10. The maximum absolute atomic E-state index is 13.3. The zero-order chi connectivity index (χ0) is 24.7. The average Bonchev–Trinajstić information content (AvgIpc) is 3.16. The first kappa shape index (κ1) is 25.8. The number of halogens is 1. The third kappa shape index (κ3) is 5.99. The Labute approximate surface area is 205 Å². The quantitative estimate of drug-likeness (QED) is 0.233. The first-order valence-corrected chi connectivity index (χ1v) is 13.1. The molecule has 0 bridgehead atoms. The first-order valence-electron chi connectivity index (χ1n) is 11.3. The van der Waals surface area contributed by atoms with Gasteiger partial charge in [0, 0.05) is 48.0 Å². The molecule has 2 aromatic carbocycles. The zero-order valence-corrected chi connectivity index (χ0v) is 21.2. The number of nitrogens with zero attached hydrogens (tertiary/aromatic N) is 3. The number of hydrogen-bond acceptors (Lipinski definition) is 4. The van der Waals surface area contributed by atoms with Crippen LogP contribution < -0.4 is 10.7 Å². The zero-order valence-electron chi connectivity index (χ0n) is 19.6. The van der Waals surface area contributed by atoms with E-state index in [1.807, 2.05) is 37.6 Å². The van der Waals surface area contributed by atoms with Crippen LogP contribution in [0.15, 0.2) is 58.7 Å². The molecule has 1 heterocycles. The summed E-state index contributed by atoms with van der Waals surface area (Å²) in [6.45, 7) is 7.65. The van der Waals surface area contributed by atoms with E-state index in [1.165, 1.54) is 16.4 Å². The topological polar surface area (TPSA) is 78.7 Å². The van der Waals surface area contributed by atoms with Crippen molar-refractivity contribution in [3.05, 3.63) is 60.0 Å². The highest BCUT2D eigenvalue weighted by Gasteiger charge is 2.24. The number of anilines is 1. The Hall–Kier alpha value is -2.82. The van der Waals surface area contributed by atoms with Gasteiger partial charge in [0.2, 0.25) is 10.0 Å². The van der Waals surface area contributed by atoms with E-state index in [2.05, 4.69) is 15.8 Å². The Kier molecular flexibility index (Phi) is 8.76. The molecule has 0 radical (unpaired) electrons. The van der Waals surface area contributed by atoms with Crippen LogP contribution in [0, 0.1) is 5.82 Å². The lowest BCUT2D eigenvalue weighted by Gasteiger charge is -2.21. The predicted octanol–water partition coefficient (Wildman–Crippen LogP) is 4.93. The number of hydrazone groups is 1. The number of hydrogen-bond donors (Lipinski definition) is 2. The maximum atomic E-state index is 13.3. The normalized spacial score (nSPS) is 12.0. The minimum Gasteiger partial charge on any atom is -0.347 e. The molecule has 3 rings (SSSR count). The molecule has 2 N–H and O–H groups in total. The van der Waals surface area contributed by atoms with Gasteiger partial charge >= 0.3 is 0 Å². The van der Waals surface area contributed by atoms with Crippen LogP contribution in [0.3, 0.4) is 0 Å². The van der Waals surface area contributed by atoms with Crippen LogP contribution in [0.2, 0.25) is 0 Å². The predicted molar refractivity (Wildman–Crippen MR) is 140 cm³/mol. The van der Waals surface area contributed by atoms with E-state index in [0.717, 1.165) is 35.9 Å². The van der Waals surface area contributed by atoms with Crippen LogP contribution in [0.4, 0.5) is 10.1 Å². The van der Waals surface area contributed by atoms with Gasteiger partial charge in [-0.25, -0.2) is 12.8 Å². The SMILES string of the molecule is CCCN(CCC)S(=O)(=O)c1ccc2c(c1)c(/C=N\NC(=S)Nc1cccc(F)c1)cn2CC. The van der Waals surface area contributed by atoms with E-state index in [0.29, 0.717) is 18.8 Å². The van der Waals surface area contributed by atoms with Crippen molar-refractivity contribution in [2.75, 3.05) is 18.4 Å². The lowest BCUT2D eigenvalue weighted by Crippen LogP contribution is -2.32. The lowest BCUT2D eigenvalue weighted by atomic mass is 10.2. The molecule has 0 aliphatic carbocycles. The van der Waals surface area contributed by atoms with Gasteiger partial charge in [-0.1, -0.05) is 19.9 Å². The first-order chi connectivity index (χ1) is 16.3. The number of fused-ring (bicyclic) bond motifs is 1. The Morgan fingerprint density at radius 1 is 1.15 bits per heavy atom. The second kappa shape index (κ2) is 11.5. The minimum absolute atomic E-state index is 0.208. The van der Waals surface area contributed by atoms with E-state index in [9.17, 15) is 12.8 Å². The van der Waals surface area contributed by atoms with Gasteiger partial charge in [0.05, 0.1) is 11.1 Å². The van der Waals surface area contributed by atoms with Gasteiger partial charge in [-0.2, -0.15) is 9.41 Å². The second-order valence-corrected chi connectivity index (χ2v) is 10.1. The fourth-order valence-corrected chi connectivity index (χ4v) is 5.54. The van der Waals surface area contributed by atoms with Crippen molar-refractivity contribution < 1.29 is 12.8 Å². The Morgan fingerprint density at radius 2 is 1.88 bits per heavy atom. The monoisotopic (exact) mass is 503 g/mol. The molecule has 0 saturated heterocycles. The number of aryl methyl sites for hydroxylation is 1. The summed E-state index contributed by atoms with van der Waals surface area (Å²) in [6.07, 6.45) is 5.02. The van der Waals surface area contributed by atoms with Crippen molar-refractivity contribution in [2.24, 2.45) is 5.10 Å². The van der Waals surface area contributed by atoms with Gasteiger partial charge in [0.15, 0.2) is 5.11 Å². The van der Waals surface area contributed by atoms with Crippen LogP contribution in [0.5, 0.6) is 0 Å². The molecule has 0 saturated carbocycles. The molecule has 1 aromatic heterocycles. The molecule has 3 aromatic rings. The van der Waals surface area contributed by atoms with Gasteiger partial charge in [-0.05, 0) is 68.4 Å². The van der Waals surface area contributed by atoms with Crippen molar-refractivity contribution in [3.8, 4) is 0 Å². The molecule has 0 aliphatic heterocycles. The third-order valence-corrected chi connectivity index (χ3v) is 7.35. The van der Waals surface area contributed by atoms with Crippen LogP contribution in [-0.4, -0.2) is 41.7 Å². The molecule has 34 heavy (non-hydrogen) atoms. The van der Waals surface area contributed by atoms with Gasteiger partial charge in [0.25, 0.3) is 0 Å². The summed E-state index contributed by atoms with van der Waals surface area (Å²) in [4.78, 5) is 0.265. The molecule has 7 nitrogen and oxygen atoms in total. The number of nitrogens with one attached hydrogen (secondary N) is 2. The summed E-state index contributed by atoms with van der Waals surface area (Å²) in [6, 6.07) is 11.2. The molecule has 0 atom stereocenters. The van der Waals surface area contributed by atoms with E-state index in [4.69, 9.17) is 12.2 Å². The van der Waals surface area contributed by atoms with Gasteiger partial charge in [0.1, 0.15) is 5.82 Å². The third-order valence-electron chi connectivity index (χ3n) is 5.26. The molecule has 0 unspecified atom stereocenters. The van der Waals surface area contributed by atoms with Crippen molar-refractivity contribution in [3.63, 3.8) is 0 Å². The molecule has 10 heteroatoms. The highest BCUT2D eigenvalue weighted by atomic mass is 32.2. The molecule has 0 spiro atoms. The number of sulfonamides is 1. The molecular formula is C24H30FN5O2S2. The number of thiocarbonyl (C=S) groups is 1. The molecule has 0 aliphatic rings. The fraction of sp³-hybridized carbons (Fsp3) is 0.333. The summed E-state index contributed by atoms with van der Waals surface area (Å²) in [5.74, 6) is -0.370.